The van der Waals surface area contributed by atoms with Crippen LogP contribution in [-0.2, 0) is 25.3 Å². The summed E-state index contributed by atoms with van der Waals surface area (Å²) < 4.78 is 43.6. The number of alkyl halides is 3. The number of nitrogens with one attached hydrogen (secondary N) is 1. The fraction of sp³-hybridized carbons (Fsp3) is 0.308. The number of fused-ring (bicyclic) bond motifs is 5. The standard InChI is InChI=1S/C26H20ClF3N2O5/c1-12-8-14-9-17(12)22-21(14)23(34)32(24(22)35)16-5-2-13(3-6-16)25(36)37-11-20(33)31-19-10-15(26(28,29)30)4-7-18(19)27/h2-8,10,14,17,21-22H,9,11H2,1H3,(H,31,33)/t14-,17+,21+,22-/m0/s1. The summed E-state index contributed by atoms with van der Waals surface area (Å²) in [7, 11) is 0. The molecule has 37 heavy (non-hydrogen) atoms. The Kier molecular flexibility index (Phi) is 6.10. The maximum Gasteiger partial charge on any atom is 0.416 e. The molecule has 1 N–H and O–H groups in total. The molecular weight excluding hydrogens is 513 g/mol. The van der Waals surface area contributed by atoms with Gasteiger partial charge in [0.2, 0.25) is 11.8 Å². The molecule has 7 nitrogen and oxygen atoms in total. The van der Waals surface area contributed by atoms with Gasteiger partial charge in [-0.1, -0.05) is 23.3 Å². The van der Waals surface area contributed by atoms with E-state index in [1.54, 1.807) is 0 Å². The van der Waals surface area contributed by atoms with Crippen LogP contribution in [0.5, 0.6) is 0 Å². The van der Waals surface area contributed by atoms with Gasteiger partial charge in [0.05, 0.1) is 39.4 Å². The van der Waals surface area contributed by atoms with Crippen LogP contribution in [0.15, 0.2) is 54.1 Å². The van der Waals surface area contributed by atoms with Gasteiger partial charge < -0.3 is 10.1 Å². The Morgan fingerprint density at radius 1 is 1.08 bits per heavy atom. The van der Waals surface area contributed by atoms with E-state index >= 15 is 0 Å². The Balaban J connectivity index is 1.20. The Morgan fingerprint density at radius 3 is 2.43 bits per heavy atom. The van der Waals surface area contributed by atoms with E-state index in [0.29, 0.717) is 11.8 Å². The third-order valence-corrected chi connectivity index (χ3v) is 7.47. The molecule has 1 saturated carbocycles. The van der Waals surface area contributed by atoms with Gasteiger partial charge in [0, 0.05) is 0 Å². The first-order valence-corrected chi connectivity index (χ1v) is 11.8. The molecule has 0 radical (unpaired) electrons. The number of imide groups is 1. The van der Waals surface area contributed by atoms with Crippen LogP contribution in [0, 0.1) is 23.7 Å². The zero-order valence-corrected chi connectivity index (χ0v) is 20.1. The minimum atomic E-state index is -4.62. The summed E-state index contributed by atoms with van der Waals surface area (Å²) in [4.78, 5) is 51.7. The van der Waals surface area contributed by atoms with E-state index in [1.807, 2.05) is 6.92 Å². The SMILES string of the molecule is CC1=C[C@H]2C[C@H]1[C@@H]1C(=O)N(c3ccc(C(=O)OCC(=O)Nc4cc(C(F)(F)F)ccc4Cl)cc3)C(=O)[C@@H]12. The van der Waals surface area contributed by atoms with Crippen molar-refractivity contribution >= 4 is 46.7 Å². The van der Waals surface area contributed by atoms with Crippen molar-refractivity contribution < 1.29 is 37.1 Å². The summed E-state index contributed by atoms with van der Waals surface area (Å²) >= 11 is 5.85. The van der Waals surface area contributed by atoms with Crippen molar-refractivity contribution in [3.63, 3.8) is 0 Å². The molecule has 4 atom stereocenters. The van der Waals surface area contributed by atoms with Gasteiger partial charge in [-0.2, -0.15) is 13.2 Å². The van der Waals surface area contributed by atoms with E-state index < -0.39 is 30.2 Å². The number of nitrogens with zero attached hydrogens (tertiary/aromatic N) is 1. The quantitative estimate of drug-likeness (QED) is 0.337. The molecule has 3 aliphatic rings. The summed E-state index contributed by atoms with van der Waals surface area (Å²) in [5, 5.41) is 2.07. The fourth-order valence-electron chi connectivity index (χ4n) is 5.47. The highest BCUT2D eigenvalue weighted by atomic mass is 35.5. The number of esters is 1. The molecule has 2 aromatic rings. The molecule has 0 unspecified atom stereocenters. The molecule has 2 aromatic carbocycles. The maximum absolute atomic E-state index is 13.0. The summed E-state index contributed by atoms with van der Waals surface area (Å²) in [5.74, 6) is -2.78. The molecule has 1 aliphatic heterocycles. The van der Waals surface area contributed by atoms with Gasteiger partial charge in [-0.05, 0) is 67.6 Å². The first-order chi connectivity index (χ1) is 17.5. The third kappa shape index (κ3) is 4.39. The summed E-state index contributed by atoms with van der Waals surface area (Å²) in [6.07, 6.45) is -1.72. The lowest BCUT2D eigenvalue weighted by molar-refractivity contribution is -0.137. The van der Waals surface area contributed by atoms with Crippen molar-refractivity contribution in [3.8, 4) is 0 Å². The number of halogens is 4. The Bertz CT molecular complexity index is 1350. The van der Waals surface area contributed by atoms with Gasteiger partial charge in [-0.3, -0.25) is 19.3 Å². The average Bonchev–Trinajstić information content (AvgIpc) is 3.48. The largest absolute Gasteiger partial charge is 0.452 e. The zero-order chi connectivity index (χ0) is 26.6. The van der Waals surface area contributed by atoms with Crippen molar-refractivity contribution in [1.82, 2.24) is 0 Å². The van der Waals surface area contributed by atoms with Crippen LogP contribution in [0.25, 0.3) is 0 Å². The molecule has 1 saturated heterocycles. The number of anilines is 2. The summed E-state index contributed by atoms with van der Waals surface area (Å²) in [6.45, 7) is 1.21. The number of hydrogen-bond donors (Lipinski definition) is 1. The van der Waals surface area contributed by atoms with E-state index in [2.05, 4.69) is 11.4 Å². The minimum absolute atomic E-state index is 0.0607. The molecule has 2 fully saturated rings. The van der Waals surface area contributed by atoms with Crippen LogP contribution in [0.1, 0.15) is 29.3 Å². The van der Waals surface area contributed by atoms with E-state index in [1.165, 1.54) is 29.2 Å². The van der Waals surface area contributed by atoms with Gasteiger partial charge in [0.25, 0.3) is 5.91 Å². The Hall–Kier alpha value is -3.66. The molecule has 0 spiro atoms. The first-order valence-electron chi connectivity index (χ1n) is 11.5. The Labute approximate surface area is 214 Å². The number of rotatable bonds is 5. The van der Waals surface area contributed by atoms with Crippen LogP contribution in [0.4, 0.5) is 24.5 Å². The predicted molar refractivity (Wildman–Crippen MR) is 127 cm³/mol. The highest BCUT2D eigenvalue weighted by Crippen LogP contribution is 2.55. The van der Waals surface area contributed by atoms with Crippen molar-refractivity contribution in [2.45, 2.75) is 19.5 Å². The van der Waals surface area contributed by atoms with E-state index in [-0.39, 0.29) is 51.8 Å². The molecule has 5 rings (SSSR count). The molecule has 2 bridgehead atoms. The van der Waals surface area contributed by atoms with Crippen LogP contribution < -0.4 is 10.2 Å². The summed E-state index contributed by atoms with van der Waals surface area (Å²) in [6, 6.07) is 8.10. The lowest BCUT2D eigenvalue weighted by Gasteiger charge is -2.19. The highest BCUT2D eigenvalue weighted by molar-refractivity contribution is 6.33. The van der Waals surface area contributed by atoms with Gasteiger partial charge >= 0.3 is 12.1 Å². The minimum Gasteiger partial charge on any atom is -0.452 e. The normalized spacial score (nSPS) is 24.2. The number of benzene rings is 2. The number of hydrogen-bond acceptors (Lipinski definition) is 5. The molecule has 192 valence electrons. The molecule has 2 aliphatic carbocycles. The second-order valence-electron chi connectivity index (χ2n) is 9.34. The lowest BCUT2D eigenvalue weighted by Crippen LogP contribution is -2.33. The summed E-state index contributed by atoms with van der Waals surface area (Å²) in [5.41, 5.74) is 0.277. The first kappa shape index (κ1) is 25.0. The average molecular weight is 533 g/mol. The predicted octanol–water partition coefficient (Wildman–Crippen LogP) is 4.86. The second-order valence-corrected chi connectivity index (χ2v) is 9.75. The van der Waals surface area contributed by atoms with Crippen molar-refractivity contribution in [2.75, 3.05) is 16.8 Å². The van der Waals surface area contributed by atoms with Crippen molar-refractivity contribution in [2.24, 2.45) is 23.7 Å². The molecule has 1 heterocycles. The van der Waals surface area contributed by atoms with Crippen LogP contribution in [0.2, 0.25) is 5.02 Å². The molecular formula is C26H20ClF3N2O5. The van der Waals surface area contributed by atoms with Gasteiger partial charge in [-0.25, -0.2) is 4.79 Å². The third-order valence-electron chi connectivity index (χ3n) is 7.14. The van der Waals surface area contributed by atoms with Gasteiger partial charge in [0.15, 0.2) is 6.61 Å². The fourth-order valence-corrected chi connectivity index (χ4v) is 5.64. The monoisotopic (exact) mass is 532 g/mol. The molecule has 0 aromatic heterocycles. The van der Waals surface area contributed by atoms with E-state index in [9.17, 15) is 32.3 Å². The van der Waals surface area contributed by atoms with Crippen molar-refractivity contribution in [3.05, 3.63) is 70.3 Å². The number of carbonyl (C=O) groups is 4. The topological polar surface area (TPSA) is 92.8 Å². The number of amides is 3. The van der Waals surface area contributed by atoms with Crippen LogP contribution >= 0.6 is 11.6 Å². The second kappa shape index (κ2) is 9.02. The number of allylic oxidation sites excluding steroid dienone is 2. The Morgan fingerprint density at radius 2 is 1.76 bits per heavy atom. The van der Waals surface area contributed by atoms with Gasteiger partial charge in [-0.15, -0.1) is 0 Å². The number of ether oxygens (including phenoxy) is 1. The van der Waals surface area contributed by atoms with Gasteiger partial charge in [0.1, 0.15) is 0 Å². The highest BCUT2D eigenvalue weighted by Gasteiger charge is 2.60. The van der Waals surface area contributed by atoms with Crippen molar-refractivity contribution in [1.29, 1.82) is 0 Å². The molecule has 3 amide bonds. The van der Waals surface area contributed by atoms with Crippen LogP contribution in [-0.4, -0.2) is 30.3 Å². The lowest BCUT2D eigenvalue weighted by atomic mass is 9.82. The van der Waals surface area contributed by atoms with E-state index in [4.69, 9.17) is 16.3 Å². The van der Waals surface area contributed by atoms with E-state index in [0.717, 1.165) is 24.1 Å². The smallest absolute Gasteiger partial charge is 0.416 e. The number of carbonyl (C=O) groups excluding carboxylic acids is 4. The molecule has 11 heteroatoms. The van der Waals surface area contributed by atoms with Crippen LogP contribution in [0.3, 0.4) is 0 Å². The maximum atomic E-state index is 13.0. The zero-order valence-electron chi connectivity index (χ0n) is 19.3.